The first-order valence-electron chi connectivity index (χ1n) is 10.8. The minimum absolute atomic E-state index is 0.219. The van der Waals surface area contributed by atoms with Crippen LogP contribution in [0, 0.1) is 26.7 Å². The number of carbonyl (C=O) groups is 3. The first-order valence-corrected chi connectivity index (χ1v) is 12.6. The number of likely N-dealkylation sites (tertiary alicyclic amines) is 1. The SMILES string of the molecule is CCNC(=O)N1C(C(N)=O)C(c2sccc2C)C(C(=O)c2ccc(C)o2)C1c1sccc1C. The molecule has 1 aliphatic heterocycles. The third-order valence-corrected chi connectivity index (χ3v) is 8.39. The highest BCUT2D eigenvalue weighted by Crippen LogP contribution is 2.54. The van der Waals surface area contributed by atoms with Gasteiger partial charge in [0.05, 0.1) is 12.0 Å². The van der Waals surface area contributed by atoms with Gasteiger partial charge in [-0.2, -0.15) is 0 Å². The number of furan rings is 1. The highest BCUT2D eigenvalue weighted by molar-refractivity contribution is 7.10. The summed E-state index contributed by atoms with van der Waals surface area (Å²) in [5.41, 5.74) is 7.86. The van der Waals surface area contributed by atoms with E-state index in [-0.39, 0.29) is 11.5 Å². The lowest BCUT2D eigenvalue weighted by molar-refractivity contribution is -0.122. The molecule has 0 saturated carbocycles. The van der Waals surface area contributed by atoms with Crippen molar-refractivity contribution >= 4 is 40.4 Å². The monoisotopic (exact) mass is 485 g/mol. The lowest BCUT2D eigenvalue weighted by Crippen LogP contribution is -2.50. The summed E-state index contributed by atoms with van der Waals surface area (Å²) in [5.74, 6) is -1.35. The molecule has 9 heteroatoms. The Morgan fingerprint density at radius 2 is 1.67 bits per heavy atom. The number of nitrogens with one attached hydrogen (secondary N) is 1. The number of amides is 3. The Morgan fingerprint density at radius 3 is 2.15 bits per heavy atom. The molecule has 174 valence electrons. The Balaban J connectivity index is 1.98. The first kappa shape index (κ1) is 23.3. The van der Waals surface area contributed by atoms with E-state index in [4.69, 9.17) is 10.2 Å². The van der Waals surface area contributed by atoms with E-state index in [1.165, 1.54) is 27.6 Å². The average molecular weight is 486 g/mol. The largest absolute Gasteiger partial charge is 0.458 e. The van der Waals surface area contributed by atoms with E-state index in [0.29, 0.717) is 12.3 Å². The summed E-state index contributed by atoms with van der Waals surface area (Å²) >= 11 is 2.95. The number of aryl methyl sites for hydroxylation is 3. The minimum Gasteiger partial charge on any atom is -0.458 e. The molecule has 3 N–H and O–H groups in total. The van der Waals surface area contributed by atoms with Crippen LogP contribution in [0.5, 0.6) is 0 Å². The van der Waals surface area contributed by atoms with E-state index in [2.05, 4.69) is 5.32 Å². The zero-order valence-corrected chi connectivity index (χ0v) is 20.6. The number of nitrogens with two attached hydrogens (primary N) is 1. The van der Waals surface area contributed by atoms with Crippen LogP contribution in [-0.4, -0.2) is 35.2 Å². The van der Waals surface area contributed by atoms with Gasteiger partial charge in [0, 0.05) is 22.2 Å². The second-order valence-corrected chi connectivity index (χ2v) is 10.2. The van der Waals surface area contributed by atoms with Gasteiger partial charge >= 0.3 is 6.03 Å². The van der Waals surface area contributed by atoms with Crippen LogP contribution in [0.15, 0.2) is 39.4 Å². The first-order chi connectivity index (χ1) is 15.8. The van der Waals surface area contributed by atoms with Gasteiger partial charge in [0.2, 0.25) is 11.7 Å². The van der Waals surface area contributed by atoms with Gasteiger partial charge in [0.15, 0.2) is 5.76 Å². The Labute approximate surface area is 200 Å². The zero-order valence-electron chi connectivity index (χ0n) is 19.0. The van der Waals surface area contributed by atoms with Gasteiger partial charge in [0.25, 0.3) is 0 Å². The molecule has 0 bridgehead atoms. The highest BCUT2D eigenvalue weighted by Gasteiger charge is 2.58. The molecule has 0 aliphatic carbocycles. The second-order valence-electron chi connectivity index (χ2n) is 8.30. The number of carbonyl (C=O) groups excluding carboxylic acids is 3. The number of nitrogens with zero attached hydrogens (tertiary/aromatic N) is 1. The van der Waals surface area contributed by atoms with Crippen LogP contribution < -0.4 is 11.1 Å². The number of urea groups is 1. The molecule has 33 heavy (non-hydrogen) atoms. The zero-order chi connectivity index (χ0) is 23.9. The molecule has 3 amide bonds. The summed E-state index contributed by atoms with van der Waals surface area (Å²) in [7, 11) is 0. The van der Waals surface area contributed by atoms with E-state index in [1.807, 2.05) is 43.7 Å². The Bertz CT molecular complexity index is 1190. The van der Waals surface area contributed by atoms with Crippen molar-refractivity contribution in [1.29, 1.82) is 0 Å². The highest BCUT2D eigenvalue weighted by atomic mass is 32.1. The Kier molecular flexibility index (Phi) is 6.45. The molecule has 4 atom stereocenters. The quantitative estimate of drug-likeness (QED) is 0.500. The molecular formula is C24H27N3O4S2. The van der Waals surface area contributed by atoms with Crippen LogP contribution in [0.2, 0.25) is 0 Å². The van der Waals surface area contributed by atoms with E-state index in [0.717, 1.165) is 20.9 Å². The van der Waals surface area contributed by atoms with Crippen LogP contribution in [-0.2, 0) is 4.79 Å². The van der Waals surface area contributed by atoms with Crippen molar-refractivity contribution in [1.82, 2.24) is 10.2 Å². The van der Waals surface area contributed by atoms with Crippen LogP contribution in [0.1, 0.15) is 56.1 Å². The smallest absolute Gasteiger partial charge is 0.318 e. The molecule has 4 heterocycles. The van der Waals surface area contributed by atoms with Gasteiger partial charge in [-0.1, -0.05) is 0 Å². The predicted octanol–water partition coefficient (Wildman–Crippen LogP) is 4.55. The van der Waals surface area contributed by atoms with Gasteiger partial charge in [-0.15, -0.1) is 22.7 Å². The van der Waals surface area contributed by atoms with Crippen molar-refractivity contribution in [2.24, 2.45) is 11.7 Å². The lowest BCUT2D eigenvalue weighted by atomic mass is 9.80. The second kappa shape index (κ2) is 9.15. The topological polar surface area (TPSA) is 106 Å². The standard InChI is InChI=1S/C24H27N3O4S2/c1-5-26-24(30)27-18(22-13(3)9-11-33-22)16(20(28)15-7-6-14(4)31-15)17(19(27)23(25)29)21-12(2)8-10-32-21/h6-11,16-19H,5H2,1-4H3,(H2,25,29)(H,26,30). The molecular weight excluding hydrogens is 458 g/mol. The van der Waals surface area contributed by atoms with E-state index in [1.54, 1.807) is 19.1 Å². The molecule has 7 nitrogen and oxygen atoms in total. The molecule has 0 radical (unpaired) electrons. The maximum absolute atomic E-state index is 14.0. The average Bonchev–Trinajstić information content (AvgIpc) is 3.53. The Hall–Kier alpha value is -2.91. The summed E-state index contributed by atoms with van der Waals surface area (Å²) in [4.78, 5) is 43.5. The van der Waals surface area contributed by atoms with E-state index >= 15 is 0 Å². The summed E-state index contributed by atoms with van der Waals surface area (Å²) in [6, 6.07) is 5.26. The van der Waals surface area contributed by atoms with Gasteiger partial charge in [0.1, 0.15) is 11.8 Å². The molecule has 3 aromatic rings. The maximum Gasteiger partial charge on any atom is 0.318 e. The van der Waals surface area contributed by atoms with Gasteiger partial charge in [-0.05, 0) is 73.8 Å². The summed E-state index contributed by atoms with van der Waals surface area (Å²) < 4.78 is 5.71. The van der Waals surface area contributed by atoms with Crippen molar-refractivity contribution in [2.75, 3.05) is 6.54 Å². The third-order valence-electron chi connectivity index (χ3n) is 6.18. The van der Waals surface area contributed by atoms with Crippen LogP contribution >= 0.6 is 22.7 Å². The van der Waals surface area contributed by atoms with Crippen LogP contribution in [0.4, 0.5) is 4.79 Å². The summed E-state index contributed by atoms with van der Waals surface area (Å²) in [5, 5.41) is 6.68. The summed E-state index contributed by atoms with van der Waals surface area (Å²) in [6.45, 7) is 7.87. The molecule has 4 unspecified atom stereocenters. The maximum atomic E-state index is 14.0. The van der Waals surface area contributed by atoms with Crippen LogP contribution in [0.3, 0.4) is 0 Å². The fourth-order valence-electron chi connectivity index (χ4n) is 4.77. The predicted molar refractivity (Wildman–Crippen MR) is 129 cm³/mol. The number of thiophene rings is 2. The van der Waals surface area contributed by atoms with Gasteiger partial charge in [-0.25, -0.2) is 4.79 Å². The number of rotatable bonds is 6. The summed E-state index contributed by atoms with van der Waals surface area (Å²) in [6.07, 6.45) is 0. The minimum atomic E-state index is -0.981. The Morgan fingerprint density at radius 1 is 1.03 bits per heavy atom. The molecule has 0 spiro atoms. The van der Waals surface area contributed by atoms with Gasteiger partial charge < -0.3 is 20.4 Å². The van der Waals surface area contributed by atoms with Crippen LogP contribution in [0.25, 0.3) is 0 Å². The van der Waals surface area contributed by atoms with E-state index < -0.39 is 35.9 Å². The molecule has 1 saturated heterocycles. The normalized spacial score (nSPS) is 22.5. The van der Waals surface area contributed by atoms with Crippen molar-refractivity contribution in [3.63, 3.8) is 0 Å². The van der Waals surface area contributed by atoms with Crippen molar-refractivity contribution in [3.8, 4) is 0 Å². The van der Waals surface area contributed by atoms with E-state index in [9.17, 15) is 14.4 Å². The molecule has 1 aliphatic rings. The number of hydrogen-bond donors (Lipinski definition) is 2. The molecule has 3 aromatic heterocycles. The fourth-order valence-corrected chi connectivity index (χ4v) is 6.95. The number of hydrogen-bond acceptors (Lipinski definition) is 6. The molecule has 4 rings (SSSR count). The fraction of sp³-hybridized carbons (Fsp3) is 0.375. The molecule has 1 fully saturated rings. The lowest BCUT2D eigenvalue weighted by Gasteiger charge is -2.30. The molecule has 0 aromatic carbocycles. The van der Waals surface area contributed by atoms with Gasteiger partial charge in [-0.3, -0.25) is 9.59 Å². The number of Topliss-reactive ketones (excluding diaryl/α,β-unsaturated/α-hetero) is 1. The third kappa shape index (κ3) is 4.00. The number of primary amides is 1. The number of ketones is 1. The van der Waals surface area contributed by atoms with Crippen molar-refractivity contribution in [3.05, 3.63) is 67.4 Å². The van der Waals surface area contributed by atoms with Crippen molar-refractivity contribution in [2.45, 2.75) is 45.7 Å². The van der Waals surface area contributed by atoms with Crippen molar-refractivity contribution < 1.29 is 18.8 Å².